The molecule has 2 unspecified atom stereocenters. The Morgan fingerprint density at radius 1 is 1.32 bits per heavy atom. The van der Waals surface area contributed by atoms with Gasteiger partial charge in [0, 0.05) is 29.6 Å². The van der Waals surface area contributed by atoms with Gasteiger partial charge in [0.15, 0.2) is 0 Å². The van der Waals surface area contributed by atoms with Gasteiger partial charge in [0.05, 0.1) is 12.0 Å². The number of furan rings is 1. The minimum absolute atomic E-state index is 0.338. The van der Waals surface area contributed by atoms with Crippen LogP contribution in [0.15, 0.2) is 16.7 Å². The van der Waals surface area contributed by atoms with E-state index >= 15 is 0 Å². The van der Waals surface area contributed by atoms with Crippen LogP contribution in [0.2, 0.25) is 0 Å². The quantitative estimate of drug-likeness (QED) is 0.825. The van der Waals surface area contributed by atoms with Gasteiger partial charge in [-0.1, -0.05) is 6.42 Å². The fourth-order valence-corrected chi connectivity index (χ4v) is 3.49. The van der Waals surface area contributed by atoms with Crippen molar-refractivity contribution >= 4 is 0 Å². The number of aromatic amines is 1. The Kier molecular flexibility index (Phi) is 2.52. The van der Waals surface area contributed by atoms with Gasteiger partial charge in [0.2, 0.25) is 0 Å². The molecule has 2 atom stereocenters. The Hall–Kier alpha value is -1.55. The first-order valence-corrected chi connectivity index (χ1v) is 7.22. The average molecular weight is 257 g/mol. The average Bonchev–Trinajstić information content (AvgIpc) is 3.04. The molecule has 0 saturated heterocycles. The summed E-state index contributed by atoms with van der Waals surface area (Å²) in [6, 6.07) is 2.37. The lowest BCUT2D eigenvalue weighted by Gasteiger charge is -2.24. The monoisotopic (exact) mass is 257 g/mol. The Balaban J connectivity index is 1.70. The third-order valence-electron chi connectivity index (χ3n) is 4.50. The third kappa shape index (κ3) is 1.82. The second kappa shape index (κ2) is 4.23. The van der Waals surface area contributed by atoms with E-state index < -0.39 is 0 Å². The number of nitrogens with two attached hydrogens (primary N) is 1. The number of rotatable bonds is 1. The molecule has 2 aliphatic rings. The molecule has 19 heavy (non-hydrogen) atoms. The van der Waals surface area contributed by atoms with Gasteiger partial charge < -0.3 is 15.1 Å². The van der Waals surface area contributed by atoms with E-state index in [1.54, 1.807) is 6.26 Å². The maximum Gasteiger partial charge on any atom is 0.113 e. The molecule has 2 heterocycles. The molecule has 0 bridgehead atoms. The maximum absolute atomic E-state index is 6.09. The lowest BCUT2D eigenvalue weighted by atomic mass is 9.86. The van der Waals surface area contributed by atoms with Gasteiger partial charge in [0.1, 0.15) is 11.6 Å². The van der Waals surface area contributed by atoms with Crippen LogP contribution in [-0.4, -0.2) is 16.0 Å². The number of imidazole rings is 1. The van der Waals surface area contributed by atoms with Crippen LogP contribution in [0.25, 0.3) is 11.3 Å². The third-order valence-corrected chi connectivity index (χ3v) is 4.50. The van der Waals surface area contributed by atoms with E-state index in [0.29, 0.717) is 12.0 Å². The summed E-state index contributed by atoms with van der Waals surface area (Å²) in [6.07, 6.45) is 8.38. The Labute approximate surface area is 112 Å². The highest BCUT2D eigenvalue weighted by molar-refractivity contribution is 5.66. The van der Waals surface area contributed by atoms with Crippen molar-refractivity contribution in [2.45, 2.75) is 50.5 Å². The fraction of sp³-hybridized carbons (Fsp3) is 0.533. The Bertz CT molecular complexity index is 598. The SMILES string of the molecule is NC1CCCC(c2nc3c([nH]2)CCc2occc2-3)C1. The summed E-state index contributed by atoms with van der Waals surface area (Å²) in [5, 5.41) is 0. The number of nitrogens with one attached hydrogen (secondary N) is 1. The van der Waals surface area contributed by atoms with Gasteiger partial charge in [-0.15, -0.1) is 0 Å². The molecule has 2 aliphatic carbocycles. The number of fused-ring (bicyclic) bond motifs is 3. The molecule has 0 aromatic carbocycles. The molecular formula is C15H19N3O. The van der Waals surface area contributed by atoms with Crippen molar-refractivity contribution in [2.75, 3.05) is 0 Å². The summed E-state index contributed by atoms with van der Waals surface area (Å²) in [5.41, 5.74) is 9.63. The molecule has 4 rings (SSSR count). The second-order valence-electron chi connectivity index (χ2n) is 5.83. The number of hydrogen-bond acceptors (Lipinski definition) is 3. The van der Waals surface area contributed by atoms with E-state index in [1.807, 2.05) is 6.07 Å². The molecule has 0 aliphatic heterocycles. The van der Waals surface area contributed by atoms with E-state index in [4.69, 9.17) is 15.1 Å². The van der Waals surface area contributed by atoms with Gasteiger partial charge in [-0.3, -0.25) is 0 Å². The molecule has 0 spiro atoms. The first kappa shape index (κ1) is 11.3. The lowest BCUT2D eigenvalue weighted by Crippen LogP contribution is -2.27. The van der Waals surface area contributed by atoms with E-state index in [1.165, 1.54) is 24.1 Å². The number of H-pyrrole nitrogens is 1. The molecule has 4 nitrogen and oxygen atoms in total. The molecule has 2 aromatic heterocycles. The number of aryl methyl sites for hydroxylation is 2. The number of aromatic nitrogens is 2. The van der Waals surface area contributed by atoms with Gasteiger partial charge in [-0.05, 0) is 31.7 Å². The zero-order chi connectivity index (χ0) is 12.8. The van der Waals surface area contributed by atoms with Gasteiger partial charge >= 0.3 is 0 Å². The Morgan fingerprint density at radius 3 is 3.16 bits per heavy atom. The molecular weight excluding hydrogens is 238 g/mol. The van der Waals surface area contributed by atoms with E-state index in [9.17, 15) is 0 Å². The largest absolute Gasteiger partial charge is 0.469 e. The summed E-state index contributed by atoms with van der Waals surface area (Å²) >= 11 is 0. The van der Waals surface area contributed by atoms with Crippen molar-refractivity contribution in [1.82, 2.24) is 9.97 Å². The molecule has 3 N–H and O–H groups in total. The summed E-state index contributed by atoms with van der Waals surface area (Å²) in [7, 11) is 0. The summed E-state index contributed by atoms with van der Waals surface area (Å²) in [4.78, 5) is 8.40. The van der Waals surface area contributed by atoms with Crippen LogP contribution in [0.5, 0.6) is 0 Å². The maximum atomic E-state index is 6.09. The number of hydrogen-bond donors (Lipinski definition) is 2. The first-order valence-electron chi connectivity index (χ1n) is 7.22. The van der Waals surface area contributed by atoms with Gasteiger partial charge in [-0.25, -0.2) is 4.98 Å². The predicted molar refractivity (Wildman–Crippen MR) is 72.9 cm³/mol. The van der Waals surface area contributed by atoms with Crippen molar-refractivity contribution in [3.8, 4) is 11.3 Å². The zero-order valence-electron chi connectivity index (χ0n) is 11.0. The predicted octanol–water partition coefficient (Wildman–Crippen LogP) is 2.75. The molecule has 0 radical (unpaired) electrons. The molecule has 0 amide bonds. The van der Waals surface area contributed by atoms with Crippen LogP contribution >= 0.6 is 0 Å². The standard InChI is InChI=1S/C15H19N3O/c16-10-3-1-2-9(8-10)15-17-12-4-5-13-11(6-7-19-13)14(12)18-15/h6-7,9-10H,1-5,8,16H2,(H,17,18). The van der Waals surface area contributed by atoms with Crippen LogP contribution < -0.4 is 5.73 Å². The van der Waals surface area contributed by atoms with Crippen molar-refractivity contribution in [2.24, 2.45) is 5.73 Å². The van der Waals surface area contributed by atoms with E-state index in [-0.39, 0.29) is 0 Å². The van der Waals surface area contributed by atoms with Crippen LogP contribution in [0, 0.1) is 0 Å². The highest BCUT2D eigenvalue weighted by Gasteiger charge is 2.27. The van der Waals surface area contributed by atoms with Crippen LogP contribution in [0.3, 0.4) is 0 Å². The van der Waals surface area contributed by atoms with Crippen LogP contribution in [0.1, 0.15) is 48.9 Å². The smallest absolute Gasteiger partial charge is 0.113 e. The minimum atomic E-state index is 0.338. The van der Waals surface area contributed by atoms with E-state index in [2.05, 4.69) is 4.98 Å². The van der Waals surface area contributed by atoms with Crippen molar-refractivity contribution in [3.05, 3.63) is 29.6 Å². The highest BCUT2D eigenvalue weighted by Crippen LogP contribution is 2.36. The lowest BCUT2D eigenvalue weighted by molar-refractivity contribution is 0.383. The molecule has 100 valence electrons. The fourth-order valence-electron chi connectivity index (χ4n) is 3.49. The molecule has 4 heteroatoms. The topological polar surface area (TPSA) is 67.8 Å². The second-order valence-corrected chi connectivity index (χ2v) is 5.83. The number of nitrogens with zero attached hydrogens (tertiary/aromatic N) is 1. The van der Waals surface area contributed by atoms with Crippen molar-refractivity contribution in [1.29, 1.82) is 0 Å². The summed E-state index contributed by atoms with van der Waals surface area (Å²) in [5.74, 6) is 2.71. The van der Waals surface area contributed by atoms with Gasteiger partial charge in [-0.2, -0.15) is 0 Å². The van der Waals surface area contributed by atoms with Crippen LogP contribution in [-0.2, 0) is 12.8 Å². The summed E-state index contributed by atoms with van der Waals surface area (Å²) < 4.78 is 5.51. The zero-order valence-corrected chi connectivity index (χ0v) is 11.0. The highest BCUT2D eigenvalue weighted by atomic mass is 16.3. The molecule has 1 saturated carbocycles. The molecule has 1 fully saturated rings. The van der Waals surface area contributed by atoms with Crippen molar-refractivity contribution in [3.63, 3.8) is 0 Å². The van der Waals surface area contributed by atoms with Crippen LogP contribution in [0.4, 0.5) is 0 Å². The normalized spacial score (nSPS) is 25.9. The molecule has 2 aromatic rings. The van der Waals surface area contributed by atoms with Crippen molar-refractivity contribution < 1.29 is 4.42 Å². The first-order chi connectivity index (χ1) is 9.31. The summed E-state index contributed by atoms with van der Waals surface area (Å²) in [6.45, 7) is 0. The minimum Gasteiger partial charge on any atom is -0.469 e. The Morgan fingerprint density at radius 2 is 2.26 bits per heavy atom. The van der Waals surface area contributed by atoms with E-state index in [0.717, 1.165) is 43.0 Å². The van der Waals surface area contributed by atoms with Gasteiger partial charge in [0.25, 0.3) is 0 Å².